The monoisotopic (exact) mass is 182 g/mol. The summed E-state index contributed by atoms with van der Waals surface area (Å²) < 4.78 is 0. The molecule has 3 heteroatoms. The lowest BCUT2D eigenvalue weighted by atomic mass is 10.3. The maximum atomic E-state index is 11.4. The molecule has 0 saturated heterocycles. The summed E-state index contributed by atoms with van der Waals surface area (Å²) in [6.07, 6.45) is 6.26. The average molecular weight is 182 g/mol. The van der Waals surface area contributed by atoms with Crippen molar-refractivity contribution in [2.45, 2.75) is 38.8 Å². The Kier molecular flexibility index (Phi) is 3.96. The van der Waals surface area contributed by atoms with Crippen LogP contribution in [-0.4, -0.2) is 24.5 Å². The highest BCUT2D eigenvalue weighted by atomic mass is 16.2. The van der Waals surface area contributed by atoms with Gasteiger partial charge in [0.15, 0.2) is 0 Å². The van der Waals surface area contributed by atoms with Crippen LogP contribution in [0.15, 0.2) is 12.2 Å². The smallest absolute Gasteiger partial charge is 0.237 e. The van der Waals surface area contributed by atoms with Gasteiger partial charge in [0.25, 0.3) is 0 Å². The molecular formula is C10H18N2O. The molecule has 0 aromatic carbocycles. The molecule has 1 unspecified atom stereocenters. The summed E-state index contributed by atoms with van der Waals surface area (Å²) in [6.45, 7) is 4.62. The Morgan fingerprint density at radius 1 is 1.62 bits per heavy atom. The van der Waals surface area contributed by atoms with Crippen LogP contribution in [0.4, 0.5) is 0 Å². The first-order chi connectivity index (χ1) is 6.24. The second-order valence-electron chi connectivity index (χ2n) is 3.48. The fourth-order valence-corrected chi connectivity index (χ4v) is 1.01. The van der Waals surface area contributed by atoms with Crippen molar-refractivity contribution in [1.82, 2.24) is 10.6 Å². The molecule has 74 valence electrons. The molecule has 1 fully saturated rings. The predicted molar refractivity (Wildman–Crippen MR) is 53.4 cm³/mol. The van der Waals surface area contributed by atoms with Crippen LogP contribution in [0, 0.1) is 0 Å². The second kappa shape index (κ2) is 5.02. The molecule has 1 atom stereocenters. The molecule has 0 spiro atoms. The van der Waals surface area contributed by atoms with E-state index in [-0.39, 0.29) is 11.9 Å². The molecule has 0 bridgehead atoms. The zero-order valence-corrected chi connectivity index (χ0v) is 8.34. The summed E-state index contributed by atoms with van der Waals surface area (Å²) in [5.74, 6) is 0.118. The number of hydrogen-bond acceptors (Lipinski definition) is 2. The zero-order valence-electron chi connectivity index (χ0n) is 8.34. The van der Waals surface area contributed by atoms with Crippen molar-refractivity contribution in [2.75, 3.05) is 6.54 Å². The normalized spacial score (nSPS) is 18.9. The van der Waals surface area contributed by atoms with Gasteiger partial charge in [0, 0.05) is 12.6 Å². The van der Waals surface area contributed by atoms with E-state index >= 15 is 0 Å². The Morgan fingerprint density at radius 3 is 2.85 bits per heavy atom. The quantitative estimate of drug-likeness (QED) is 0.618. The van der Waals surface area contributed by atoms with Gasteiger partial charge >= 0.3 is 0 Å². The van der Waals surface area contributed by atoms with Gasteiger partial charge in [0.05, 0.1) is 6.04 Å². The molecule has 1 aliphatic rings. The lowest BCUT2D eigenvalue weighted by Crippen LogP contribution is -2.43. The lowest BCUT2D eigenvalue weighted by molar-refractivity contribution is -0.122. The van der Waals surface area contributed by atoms with Crippen LogP contribution in [0.3, 0.4) is 0 Å². The van der Waals surface area contributed by atoms with Gasteiger partial charge in [-0.05, 0) is 26.7 Å². The molecule has 2 N–H and O–H groups in total. The highest BCUT2D eigenvalue weighted by Gasteiger charge is 2.24. The van der Waals surface area contributed by atoms with Crippen LogP contribution in [0.25, 0.3) is 0 Å². The first-order valence-corrected chi connectivity index (χ1v) is 4.89. The third-order valence-electron chi connectivity index (χ3n) is 2.09. The van der Waals surface area contributed by atoms with Gasteiger partial charge in [-0.25, -0.2) is 0 Å². The summed E-state index contributed by atoms with van der Waals surface area (Å²) in [6, 6.07) is 0.371. The van der Waals surface area contributed by atoms with Gasteiger partial charge in [0.2, 0.25) is 5.91 Å². The largest absolute Gasteiger partial charge is 0.352 e. The topological polar surface area (TPSA) is 41.1 Å². The number of carbonyl (C=O) groups is 1. The molecule has 0 aliphatic heterocycles. The SMILES string of the molecule is C/C=C/CNC(C)C(=O)NC1CC1. The lowest BCUT2D eigenvalue weighted by Gasteiger charge is -2.11. The Balaban J connectivity index is 2.12. The van der Waals surface area contributed by atoms with E-state index in [0.29, 0.717) is 6.04 Å². The highest BCUT2D eigenvalue weighted by molar-refractivity contribution is 5.81. The van der Waals surface area contributed by atoms with E-state index in [9.17, 15) is 4.79 Å². The summed E-state index contributed by atoms with van der Waals surface area (Å²) in [5.41, 5.74) is 0. The van der Waals surface area contributed by atoms with Gasteiger partial charge in [-0.1, -0.05) is 12.2 Å². The summed E-state index contributed by atoms with van der Waals surface area (Å²) in [4.78, 5) is 11.4. The minimum atomic E-state index is -0.0863. The fourth-order valence-electron chi connectivity index (χ4n) is 1.01. The van der Waals surface area contributed by atoms with E-state index in [0.717, 1.165) is 19.4 Å². The maximum Gasteiger partial charge on any atom is 0.237 e. The molecule has 0 aromatic rings. The minimum absolute atomic E-state index is 0.0863. The number of rotatable bonds is 5. The Hall–Kier alpha value is -0.830. The van der Waals surface area contributed by atoms with E-state index in [1.165, 1.54) is 0 Å². The first kappa shape index (κ1) is 10.3. The molecule has 0 radical (unpaired) electrons. The summed E-state index contributed by atoms with van der Waals surface area (Å²) >= 11 is 0. The maximum absolute atomic E-state index is 11.4. The third-order valence-corrected chi connectivity index (χ3v) is 2.09. The average Bonchev–Trinajstić information content (AvgIpc) is 2.88. The Bertz CT molecular complexity index is 197. The fraction of sp³-hybridized carbons (Fsp3) is 0.700. The van der Waals surface area contributed by atoms with Gasteiger partial charge < -0.3 is 10.6 Å². The predicted octanol–water partition coefficient (Wildman–Crippen LogP) is 0.819. The van der Waals surface area contributed by atoms with Crippen molar-refractivity contribution < 1.29 is 4.79 Å². The third kappa shape index (κ3) is 4.08. The number of carbonyl (C=O) groups excluding carboxylic acids is 1. The number of hydrogen-bond donors (Lipinski definition) is 2. The molecule has 1 amide bonds. The zero-order chi connectivity index (χ0) is 9.68. The van der Waals surface area contributed by atoms with Crippen LogP contribution in [0.5, 0.6) is 0 Å². The molecular weight excluding hydrogens is 164 g/mol. The van der Waals surface area contributed by atoms with E-state index in [4.69, 9.17) is 0 Å². The molecule has 1 saturated carbocycles. The van der Waals surface area contributed by atoms with Crippen molar-refractivity contribution in [3.8, 4) is 0 Å². The van der Waals surface area contributed by atoms with Crippen molar-refractivity contribution in [2.24, 2.45) is 0 Å². The summed E-state index contributed by atoms with van der Waals surface area (Å²) in [5, 5.41) is 6.07. The highest BCUT2D eigenvalue weighted by Crippen LogP contribution is 2.18. The number of nitrogens with one attached hydrogen (secondary N) is 2. The summed E-state index contributed by atoms with van der Waals surface area (Å²) in [7, 11) is 0. The first-order valence-electron chi connectivity index (χ1n) is 4.89. The number of allylic oxidation sites excluding steroid dienone is 1. The Labute approximate surface area is 79.6 Å². The van der Waals surface area contributed by atoms with Gasteiger partial charge in [-0.2, -0.15) is 0 Å². The molecule has 0 aromatic heterocycles. The van der Waals surface area contributed by atoms with Crippen LogP contribution in [0.2, 0.25) is 0 Å². The molecule has 1 aliphatic carbocycles. The molecule has 1 rings (SSSR count). The van der Waals surface area contributed by atoms with Crippen LogP contribution in [0.1, 0.15) is 26.7 Å². The standard InChI is InChI=1S/C10H18N2O/c1-3-4-7-11-8(2)10(13)12-9-5-6-9/h3-4,8-9,11H,5-7H2,1-2H3,(H,12,13)/b4-3+. The number of amides is 1. The van der Waals surface area contributed by atoms with Gasteiger partial charge in [0.1, 0.15) is 0 Å². The van der Waals surface area contributed by atoms with E-state index < -0.39 is 0 Å². The van der Waals surface area contributed by atoms with E-state index in [2.05, 4.69) is 10.6 Å². The van der Waals surface area contributed by atoms with Crippen LogP contribution in [-0.2, 0) is 4.79 Å². The molecule has 3 nitrogen and oxygen atoms in total. The Morgan fingerprint density at radius 2 is 2.31 bits per heavy atom. The van der Waals surface area contributed by atoms with Crippen LogP contribution < -0.4 is 10.6 Å². The van der Waals surface area contributed by atoms with Crippen molar-refractivity contribution in [3.63, 3.8) is 0 Å². The molecule has 13 heavy (non-hydrogen) atoms. The van der Waals surface area contributed by atoms with E-state index in [1.54, 1.807) is 0 Å². The van der Waals surface area contributed by atoms with Crippen molar-refractivity contribution in [3.05, 3.63) is 12.2 Å². The molecule has 0 heterocycles. The van der Waals surface area contributed by atoms with Gasteiger partial charge in [-0.15, -0.1) is 0 Å². The van der Waals surface area contributed by atoms with E-state index in [1.807, 2.05) is 26.0 Å². The van der Waals surface area contributed by atoms with Crippen LogP contribution >= 0.6 is 0 Å². The van der Waals surface area contributed by atoms with Gasteiger partial charge in [-0.3, -0.25) is 4.79 Å². The van der Waals surface area contributed by atoms with Crippen molar-refractivity contribution in [1.29, 1.82) is 0 Å². The second-order valence-corrected chi connectivity index (χ2v) is 3.48. The van der Waals surface area contributed by atoms with Crippen molar-refractivity contribution >= 4 is 5.91 Å². The minimum Gasteiger partial charge on any atom is -0.352 e.